The second-order valence-electron chi connectivity index (χ2n) is 5.93. The van der Waals surface area contributed by atoms with E-state index in [0.29, 0.717) is 24.7 Å². The van der Waals surface area contributed by atoms with Crippen LogP contribution >= 0.6 is 0 Å². The Balaban J connectivity index is 1.58. The predicted molar refractivity (Wildman–Crippen MR) is 91.7 cm³/mol. The molecule has 0 fully saturated rings. The van der Waals surface area contributed by atoms with Crippen LogP contribution in [-0.2, 0) is 19.5 Å². The number of rotatable bonds is 7. The molecule has 0 aliphatic carbocycles. The summed E-state index contributed by atoms with van der Waals surface area (Å²) in [5.41, 5.74) is 1.96. The molecule has 0 saturated carbocycles. The second-order valence-corrected chi connectivity index (χ2v) is 5.93. The fourth-order valence-corrected chi connectivity index (χ4v) is 2.62. The van der Waals surface area contributed by atoms with Crippen LogP contribution in [0, 0.1) is 5.82 Å². The van der Waals surface area contributed by atoms with E-state index in [0.717, 1.165) is 23.4 Å². The van der Waals surface area contributed by atoms with E-state index < -0.39 is 0 Å². The van der Waals surface area contributed by atoms with E-state index in [1.165, 1.54) is 12.1 Å². The van der Waals surface area contributed by atoms with E-state index in [-0.39, 0.29) is 5.82 Å². The van der Waals surface area contributed by atoms with Crippen LogP contribution in [0.4, 0.5) is 4.39 Å². The molecule has 0 aliphatic heterocycles. The molecule has 0 amide bonds. The molecule has 0 saturated heterocycles. The molecule has 1 heterocycles. The zero-order valence-corrected chi connectivity index (χ0v) is 14.3. The first-order chi connectivity index (χ1) is 12.1. The van der Waals surface area contributed by atoms with Gasteiger partial charge in [-0.25, -0.2) is 4.39 Å². The highest BCUT2D eigenvalue weighted by Crippen LogP contribution is 2.15. The first-order valence-corrected chi connectivity index (χ1v) is 8.00. The molecule has 3 aromatic rings. The van der Waals surface area contributed by atoms with Crippen molar-refractivity contribution < 1.29 is 13.7 Å². The fourth-order valence-electron chi connectivity index (χ4n) is 2.62. The van der Waals surface area contributed by atoms with Crippen LogP contribution in [0.25, 0.3) is 0 Å². The standard InChI is InChI=1S/C19H20FN3O2/c1-23(12-15-6-4-8-17(10-15)24-2)13-19-21-18(22-25-19)11-14-5-3-7-16(20)9-14/h3-10H,11-13H2,1-2H3. The Morgan fingerprint density at radius 3 is 2.68 bits per heavy atom. The Morgan fingerprint density at radius 1 is 1.08 bits per heavy atom. The minimum absolute atomic E-state index is 0.265. The van der Waals surface area contributed by atoms with Gasteiger partial charge in [-0.2, -0.15) is 4.98 Å². The van der Waals surface area contributed by atoms with Crippen molar-refractivity contribution in [2.24, 2.45) is 0 Å². The maximum atomic E-state index is 13.2. The molecule has 3 rings (SSSR count). The molecule has 0 spiro atoms. The van der Waals surface area contributed by atoms with Crippen LogP contribution in [0.15, 0.2) is 53.1 Å². The first-order valence-electron chi connectivity index (χ1n) is 8.00. The first kappa shape index (κ1) is 17.1. The normalized spacial score (nSPS) is 11.0. The van der Waals surface area contributed by atoms with Gasteiger partial charge < -0.3 is 9.26 Å². The molecular formula is C19H20FN3O2. The molecule has 0 radical (unpaired) electrons. The molecule has 0 atom stereocenters. The maximum Gasteiger partial charge on any atom is 0.240 e. The van der Waals surface area contributed by atoms with Gasteiger partial charge in [-0.3, -0.25) is 4.90 Å². The highest BCUT2D eigenvalue weighted by Gasteiger charge is 2.11. The summed E-state index contributed by atoms with van der Waals surface area (Å²) in [5.74, 6) is 1.66. The molecule has 130 valence electrons. The number of halogens is 1. The van der Waals surface area contributed by atoms with Gasteiger partial charge in [0.05, 0.1) is 13.7 Å². The lowest BCUT2D eigenvalue weighted by molar-refractivity contribution is 0.260. The highest BCUT2D eigenvalue weighted by molar-refractivity contribution is 5.28. The Kier molecular flexibility index (Phi) is 5.40. The lowest BCUT2D eigenvalue weighted by atomic mass is 10.1. The SMILES string of the molecule is COc1cccc(CN(C)Cc2nc(Cc3cccc(F)c3)no2)c1. The van der Waals surface area contributed by atoms with Crippen LogP contribution in [0.3, 0.4) is 0 Å². The van der Waals surface area contributed by atoms with Crippen molar-refractivity contribution in [1.82, 2.24) is 15.0 Å². The summed E-state index contributed by atoms with van der Waals surface area (Å²) < 4.78 is 23.8. The fraction of sp³-hybridized carbons (Fsp3) is 0.263. The number of hydrogen-bond acceptors (Lipinski definition) is 5. The summed E-state index contributed by atoms with van der Waals surface area (Å²) in [7, 11) is 3.64. The molecule has 25 heavy (non-hydrogen) atoms. The maximum absolute atomic E-state index is 13.2. The van der Waals surface area contributed by atoms with Gasteiger partial charge in [-0.15, -0.1) is 0 Å². The number of methoxy groups -OCH3 is 1. The van der Waals surface area contributed by atoms with Crippen molar-refractivity contribution in [1.29, 1.82) is 0 Å². The van der Waals surface area contributed by atoms with Gasteiger partial charge >= 0.3 is 0 Å². The summed E-state index contributed by atoms with van der Waals surface area (Å²) in [6, 6.07) is 14.3. The van der Waals surface area contributed by atoms with Crippen molar-refractivity contribution in [3.05, 3.63) is 77.2 Å². The van der Waals surface area contributed by atoms with Gasteiger partial charge in [-0.1, -0.05) is 29.4 Å². The van der Waals surface area contributed by atoms with Gasteiger partial charge in [0.2, 0.25) is 5.89 Å². The highest BCUT2D eigenvalue weighted by atomic mass is 19.1. The van der Waals surface area contributed by atoms with E-state index in [4.69, 9.17) is 9.26 Å². The van der Waals surface area contributed by atoms with Gasteiger partial charge in [-0.05, 0) is 42.4 Å². The average molecular weight is 341 g/mol. The zero-order chi connectivity index (χ0) is 17.6. The van der Waals surface area contributed by atoms with Crippen LogP contribution in [0.5, 0.6) is 5.75 Å². The van der Waals surface area contributed by atoms with E-state index in [1.807, 2.05) is 37.4 Å². The number of hydrogen-bond donors (Lipinski definition) is 0. The quantitative estimate of drug-likeness (QED) is 0.659. The summed E-state index contributed by atoms with van der Waals surface area (Å²) in [6.07, 6.45) is 0.445. The average Bonchev–Trinajstić information content (AvgIpc) is 3.01. The van der Waals surface area contributed by atoms with Crippen molar-refractivity contribution in [3.63, 3.8) is 0 Å². The number of ether oxygens (including phenoxy) is 1. The number of benzene rings is 2. The minimum Gasteiger partial charge on any atom is -0.497 e. The topological polar surface area (TPSA) is 51.4 Å². The molecule has 2 aromatic carbocycles. The smallest absolute Gasteiger partial charge is 0.240 e. The lowest BCUT2D eigenvalue weighted by Gasteiger charge is -2.14. The Hall–Kier alpha value is -2.73. The third-order valence-corrected chi connectivity index (χ3v) is 3.75. The molecule has 0 bridgehead atoms. The van der Waals surface area contributed by atoms with E-state index in [2.05, 4.69) is 15.0 Å². The van der Waals surface area contributed by atoms with Crippen LogP contribution in [-0.4, -0.2) is 29.2 Å². The molecule has 6 heteroatoms. The summed E-state index contributed by atoms with van der Waals surface area (Å²) in [4.78, 5) is 6.46. The van der Waals surface area contributed by atoms with Crippen LogP contribution in [0.1, 0.15) is 22.8 Å². The van der Waals surface area contributed by atoms with Crippen molar-refractivity contribution >= 4 is 0 Å². The van der Waals surface area contributed by atoms with Crippen molar-refractivity contribution in [3.8, 4) is 5.75 Å². The van der Waals surface area contributed by atoms with Crippen molar-refractivity contribution in [2.45, 2.75) is 19.5 Å². The van der Waals surface area contributed by atoms with E-state index in [1.54, 1.807) is 13.2 Å². The second kappa shape index (κ2) is 7.90. The zero-order valence-electron chi connectivity index (χ0n) is 14.3. The molecule has 0 N–H and O–H groups in total. The van der Waals surface area contributed by atoms with Crippen molar-refractivity contribution in [2.75, 3.05) is 14.2 Å². The number of nitrogens with zero attached hydrogens (tertiary/aromatic N) is 3. The third kappa shape index (κ3) is 4.87. The van der Waals surface area contributed by atoms with Gasteiger partial charge in [0.25, 0.3) is 0 Å². The summed E-state index contributed by atoms with van der Waals surface area (Å²) in [5, 5.41) is 3.97. The lowest BCUT2D eigenvalue weighted by Crippen LogP contribution is -2.17. The monoisotopic (exact) mass is 341 g/mol. The van der Waals surface area contributed by atoms with Gasteiger partial charge in [0.1, 0.15) is 11.6 Å². The van der Waals surface area contributed by atoms with E-state index in [9.17, 15) is 4.39 Å². The third-order valence-electron chi connectivity index (χ3n) is 3.75. The molecule has 5 nitrogen and oxygen atoms in total. The molecule has 0 aliphatic rings. The predicted octanol–water partition coefficient (Wildman–Crippen LogP) is 3.44. The van der Waals surface area contributed by atoms with Gasteiger partial charge in [0.15, 0.2) is 5.82 Å². The van der Waals surface area contributed by atoms with Crippen LogP contribution < -0.4 is 4.74 Å². The Bertz CT molecular complexity index is 835. The summed E-state index contributed by atoms with van der Waals surface area (Å²) >= 11 is 0. The largest absolute Gasteiger partial charge is 0.497 e. The summed E-state index contributed by atoms with van der Waals surface area (Å²) in [6.45, 7) is 1.27. The Labute approximate surface area is 146 Å². The molecule has 1 aromatic heterocycles. The van der Waals surface area contributed by atoms with Crippen LogP contribution in [0.2, 0.25) is 0 Å². The molecule has 0 unspecified atom stereocenters. The minimum atomic E-state index is -0.265. The number of aromatic nitrogens is 2. The van der Waals surface area contributed by atoms with E-state index >= 15 is 0 Å². The Morgan fingerprint density at radius 2 is 1.88 bits per heavy atom. The molecular weight excluding hydrogens is 321 g/mol. The van der Waals surface area contributed by atoms with Gasteiger partial charge in [0, 0.05) is 13.0 Å².